The fourth-order valence-corrected chi connectivity index (χ4v) is 3.82. The minimum atomic E-state index is -3.95. The van der Waals surface area contributed by atoms with Crippen molar-refractivity contribution in [2.45, 2.75) is 13.0 Å². The molecule has 2 aromatic rings. The third-order valence-corrected chi connectivity index (χ3v) is 5.13. The number of nitrogens with zero attached hydrogens (tertiary/aromatic N) is 1. The highest BCUT2D eigenvalue weighted by molar-refractivity contribution is 7.92. The van der Waals surface area contributed by atoms with E-state index in [-0.39, 0.29) is 12.5 Å². The van der Waals surface area contributed by atoms with Gasteiger partial charge in [-0.1, -0.05) is 0 Å². The van der Waals surface area contributed by atoms with Crippen LogP contribution in [-0.4, -0.2) is 33.4 Å². The summed E-state index contributed by atoms with van der Waals surface area (Å²) in [6.07, 6.45) is 0.874. The normalized spacial score (nSPS) is 13.9. The molecule has 0 saturated heterocycles. The van der Waals surface area contributed by atoms with E-state index in [4.69, 9.17) is 9.47 Å². The summed E-state index contributed by atoms with van der Waals surface area (Å²) in [4.78, 5) is 12.6. The van der Waals surface area contributed by atoms with Gasteiger partial charge in [-0.25, -0.2) is 17.2 Å². The quantitative estimate of drug-likeness (QED) is 0.837. The van der Waals surface area contributed by atoms with Gasteiger partial charge in [0.15, 0.2) is 23.1 Å². The third kappa shape index (κ3) is 3.95. The molecular formula is C17H16F2N2O5S. The molecule has 0 radical (unpaired) electrons. The van der Waals surface area contributed by atoms with Crippen LogP contribution in [-0.2, 0) is 14.8 Å². The van der Waals surface area contributed by atoms with E-state index in [2.05, 4.69) is 5.32 Å². The van der Waals surface area contributed by atoms with E-state index < -0.39 is 33.6 Å². The van der Waals surface area contributed by atoms with E-state index in [1.54, 1.807) is 12.1 Å². The molecule has 0 aliphatic carbocycles. The first-order valence-corrected chi connectivity index (χ1v) is 9.66. The highest BCUT2D eigenvalue weighted by Gasteiger charge is 2.30. The minimum Gasteiger partial charge on any atom is -0.454 e. The number of sulfonamides is 1. The molecule has 2 aromatic carbocycles. The van der Waals surface area contributed by atoms with Gasteiger partial charge in [-0.2, -0.15) is 0 Å². The van der Waals surface area contributed by atoms with Crippen molar-refractivity contribution in [3.8, 4) is 11.5 Å². The summed E-state index contributed by atoms with van der Waals surface area (Å²) >= 11 is 0. The molecule has 1 heterocycles. The first kappa shape index (κ1) is 18.9. The van der Waals surface area contributed by atoms with E-state index in [1.807, 2.05) is 0 Å². The van der Waals surface area contributed by atoms with E-state index in [9.17, 15) is 22.0 Å². The van der Waals surface area contributed by atoms with Crippen molar-refractivity contribution in [2.24, 2.45) is 0 Å². The average Bonchev–Trinajstić information content (AvgIpc) is 3.04. The molecule has 3 rings (SSSR count). The van der Waals surface area contributed by atoms with Gasteiger partial charge < -0.3 is 14.8 Å². The third-order valence-electron chi connectivity index (χ3n) is 3.89. The molecule has 1 atom stereocenters. The Morgan fingerprint density at radius 3 is 2.48 bits per heavy atom. The molecule has 0 bridgehead atoms. The van der Waals surface area contributed by atoms with Crippen molar-refractivity contribution < 1.29 is 31.5 Å². The first-order chi connectivity index (χ1) is 12.7. The Hall–Kier alpha value is -2.88. The van der Waals surface area contributed by atoms with Crippen molar-refractivity contribution in [3.05, 3.63) is 48.0 Å². The Morgan fingerprint density at radius 1 is 1.11 bits per heavy atom. The number of benzene rings is 2. The molecule has 1 amide bonds. The summed E-state index contributed by atoms with van der Waals surface area (Å²) < 4.78 is 62.2. The largest absolute Gasteiger partial charge is 0.454 e. The molecule has 0 spiro atoms. The molecule has 10 heteroatoms. The zero-order valence-corrected chi connectivity index (χ0v) is 15.2. The van der Waals surface area contributed by atoms with Gasteiger partial charge in [0.2, 0.25) is 22.7 Å². The lowest BCUT2D eigenvalue weighted by atomic mass is 10.2. The fraction of sp³-hybridized carbons (Fsp3) is 0.235. The number of fused-ring (bicyclic) bond motifs is 1. The molecule has 7 nitrogen and oxygen atoms in total. The second-order valence-corrected chi connectivity index (χ2v) is 7.75. The van der Waals surface area contributed by atoms with Gasteiger partial charge in [0, 0.05) is 17.8 Å². The highest BCUT2D eigenvalue weighted by Crippen LogP contribution is 2.34. The first-order valence-electron chi connectivity index (χ1n) is 7.82. The van der Waals surface area contributed by atoms with Crippen molar-refractivity contribution in [1.82, 2.24) is 0 Å². The number of halogens is 2. The van der Waals surface area contributed by atoms with Gasteiger partial charge in [-0.15, -0.1) is 0 Å². The predicted molar refractivity (Wildman–Crippen MR) is 94.3 cm³/mol. The number of rotatable bonds is 5. The van der Waals surface area contributed by atoms with Crippen LogP contribution in [0.3, 0.4) is 0 Å². The molecular weight excluding hydrogens is 382 g/mol. The molecule has 0 aromatic heterocycles. The maximum Gasteiger partial charge on any atom is 0.247 e. The molecule has 1 N–H and O–H groups in total. The van der Waals surface area contributed by atoms with Crippen molar-refractivity contribution in [2.75, 3.05) is 22.7 Å². The van der Waals surface area contributed by atoms with E-state index in [1.165, 1.54) is 13.0 Å². The number of nitrogens with one attached hydrogen (secondary N) is 1. The number of hydrogen-bond acceptors (Lipinski definition) is 5. The Morgan fingerprint density at radius 2 is 1.81 bits per heavy atom. The summed E-state index contributed by atoms with van der Waals surface area (Å²) in [7, 11) is -3.95. The van der Waals surface area contributed by atoms with Crippen LogP contribution in [0.4, 0.5) is 20.2 Å². The Kier molecular flexibility index (Phi) is 4.92. The van der Waals surface area contributed by atoms with Crippen LogP contribution in [0.1, 0.15) is 6.92 Å². The number of anilines is 2. The van der Waals surface area contributed by atoms with Crippen LogP contribution >= 0.6 is 0 Å². The second-order valence-electron chi connectivity index (χ2n) is 5.89. The predicted octanol–water partition coefficient (Wildman–Crippen LogP) is 2.49. The average molecular weight is 398 g/mol. The van der Waals surface area contributed by atoms with Gasteiger partial charge in [0.1, 0.15) is 6.04 Å². The van der Waals surface area contributed by atoms with Crippen molar-refractivity contribution in [3.63, 3.8) is 0 Å². The summed E-state index contributed by atoms with van der Waals surface area (Å²) in [6, 6.07) is 6.09. The number of amides is 1. The molecule has 0 fully saturated rings. The van der Waals surface area contributed by atoms with Crippen LogP contribution < -0.4 is 19.1 Å². The van der Waals surface area contributed by atoms with Crippen molar-refractivity contribution >= 4 is 27.3 Å². The molecule has 144 valence electrons. The fourth-order valence-electron chi connectivity index (χ4n) is 2.65. The van der Waals surface area contributed by atoms with E-state index in [0.29, 0.717) is 17.2 Å². The minimum absolute atomic E-state index is 0.0706. The maximum atomic E-state index is 13.5. The molecule has 0 saturated carbocycles. The summed E-state index contributed by atoms with van der Waals surface area (Å²) in [6.45, 7) is 1.41. The van der Waals surface area contributed by atoms with Crippen LogP contribution in [0, 0.1) is 11.6 Å². The van der Waals surface area contributed by atoms with E-state index in [0.717, 1.165) is 28.8 Å². The SMILES string of the molecule is CC(C(=O)Nc1ccc2c(c1)OCO2)N(c1ccc(F)c(F)c1)S(C)(=O)=O. The number of ether oxygens (including phenoxy) is 2. The van der Waals surface area contributed by atoms with Gasteiger partial charge in [-0.05, 0) is 31.2 Å². The van der Waals surface area contributed by atoms with Crippen LogP contribution in [0.2, 0.25) is 0 Å². The Balaban J connectivity index is 1.86. The standard InChI is InChI=1S/C17H16F2N2O5S/c1-10(17(22)20-11-3-6-15-16(7-11)26-9-25-15)21(27(2,23)24)12-4-5-13(18)14(19)8-12/h3-8,10H,9H2,1-2H3,(H,20,22). The Bertz CT molecular complexity index is 997. The van der Waals surface area contributed by atoms with Gasteiger partial charge >= 0.3 is 0 Å². The molecule has 27 heavy (non-hydrogen) atoms. The summed E-state index contributed by atoms with van der Waals surface area (Å²) in [5.74, 6) is -2.03. The lowest BCUT2D eigenvalue weighted by Gasteiger charge is -2.28. The van der Waals surface area contributed by atoms with Crippen molar-refractivity contribution in [1.29, 1.82) is 0 Å². The van der Waals surface area contributed by atoms with Crippen LogP contribution in [0.15, 0.2) is 36.4 Å². The van der Waals surface area contributed by atoms with Gasteiger partial charge in [0.05, 0.1) is 11.9 Å². The zero-order valence-electron chi connectivity index (χ0n) is 14.4. The summed E-state index contributed by atoms with van der Waals surface area (Å²) in [5.41, 5.74) is 0.208. The molecule has 1 aliphatic heterocycles. The van der Waals surface area contributed by atoms with Crippen LogP contribution in [0.25, 0.3) is 0 Å². The topological polar surface area (TPSA) is 84.9 Å². The van der Waals surface area contributed by atoms with E-state index >= 15 is 0 Å². The molecule has 1 aliphatic rings. The molecule has 1 unspecified atom stereocenters. The second kappa shape index (κ2) is 7.03. The van der Waals surface area contributed by atoms with Gasteiger partial charge in [0.25, 0.3) is 0 Å². The number of carbonyl (C=O) groups is 1. The van der Waals surface area contributed by atoms with Gasteiger partial charge in [-0.3, -0.25) is 9.10 Å². The number of hydrogen-bond donors (Lipinski definition) is 1. The highest BCUT2D eigenvalue weighted by atomic mass is 32.2. The maximum absolute atomic E-state index is 13.5. The zero-order chi connectivity index (χ0) is 19.8. The summed E-state index contributed by atoms with van der Waals surface area (Å²) in [5, 5.41) is 2.57. The van der Waals surface area contributed by atoms with Crippen LogP contribution in [0.5, 0.6) is 11.5 Å². The number of carbonyl (C=O) groups excluding carboxylic acids is 1. The monoisotopic (exact) mass is 398 g/mol. The lowest BCUT2D eigenvalue weighted by molar-refractivity contribution is -0.116. The smallest absolute Gasteiger partial charge is 0.247 e. The Labute approximate surface area is 154 Å². The lowest BCUT2D eigenvalue weighted by Crippen LogP contribution is -2.45.